The largest absolute Gasteiger partial charge is 0.446 e. The second-order valence-corrected chi connectivity index (χ2v) is 6.82. The summed E-state index contributed by atoms with van der Waals surface area (Å²) in [5, 5.41) is 0. The van der Waals surface area contributed by atoms with E-state index in [2.05, 4.69) is 4.98 Å². The van der Waals surface area contributed by atoms with Gasteiger partial charge >= 0.3 is 0 Å². The highest BCUT2D eigenvalue weighted by Gasteiger charge is 2.28. The van der Waals surface area contributed by atoms with E-state index in [4.69, 9.17) is 10.2 Å². The molecular weight excluding hydrogens is 240 g/mol. The Morgan fingerprint density at radius 3 is 2.65 bits per heavy atom. The Morgan fingerprint density at radius 2 is 2.06 bits per heavy atom. The van der Waals surface area contributed by atoms with Crippen molar-refractivity contribution in [2.75, 3.05) is 18.1 Å². The van der Waals surface area contributed by atoms with Gasteiger partial charge in [-0.1, -0.05) is 0 Å². The molecule has 1 aliphatic heterocycles. The maximum absolute atomic E-state index is 11.4. The van der Waals surface area contributed by atoms with Gasteiger partial charge in [-0.25, -0.2) is 13.4 Å². The Bertz CT molecular complexity index is 479. The van der Waals surface area contributed by atoms with E-state index in [0.717, 1.165) is 11.5 Å². The van der Waals surface area contributed by atoms with E-state index in [9.17, 15) is 8.42 Å². The molecule has 5 nitrogen and oxygen atoms in total. The quantitative estimate of drug-likeness (QED) is 0.865. The molecule has 1 fully saturated rings. The van der Waals surface area contributed by atoms with Gasteiger partial charge in [0.15, 0.2) is 5.89 Å². The smallest absolute Gasteiger partial charge is 0.195 e. The summed E-state index contributed by atoms with van der Waals surface area (Å²) in [4.78, 5) is 4.43. The van der Waals surface area contributed by atoms with Gasteiger partial charge in [0.25, 0.3) is 0 Å². The summed E-state index contributed by atoms with van der Waals surface area (Å²) < 4.78 is 28.2. The SMILES string of the molecule is Cc1oc(CCN)nc1C1CCS(=O)(=O)CC1. The number of oxazole rings is 1. The van der Waals surface area contributed by atoms with Crippen molar-refractivity contribution in [1.82, 2.24) is 4.98 Å². The first-order valence-electron chi connectivity index (χ1n) is 5.88. The van der Waals surface area contributed by atoms with Crippen LogP contribution in [0.3, 0.4) is 0 Å². The average Bonchev–Trinajstić information content (AvgIpc) is 2.60. The van der Waals surface area contributed by atoms with Crippen LogP contribution in [0.2, 0.25) is 0 Å². The number of aromatic nitrogens is 1. The van der Waals surface area contributed by atoms with E-state index in [1.54, 1.807) is 0 Å². The van der Waals surface area contributed by atoms with Gasteiger partial charge in [-0.15, -0.1) is 0 Å². The minimum absolute atomic E-state index is 0.216. The van der Waals surface area contributed by atoms with Gasteiger partial charge < -0.3 is 10.2 Å². The molecule has 1 aromatic rings. The van der Waals surface area contributed by atoms with Gasteiger partial charge in [-0.3, -0.25) is 0 Å². The molecule has 0 unspecified atom stereocenters. The Labute approximate surface area is 101 Å². The zero-order valence-corrected chi connectivity index (χ0v) is 10.8. The molecule has 0 radical (unpaired) electrons. The van der Waals surface area contributed by atoms with Crippen LogP contribution >= 0.6 is 0 Å². The predicted octanol–water partition coefficient (Wildman–Crippen LogP) is 0.776. The Kier molecular flexibility index (Phi) is 3.53. The number of hydrogen-bond donors (Lipinski definition) is 1. The highest BCUT2D eigenvalue weighted by Crippen LogP contribution is 2.30. The summed E-state index contributed by atoms with van der Waals surface area (Å²) in [5.41, 5.74) is 6.37. The Morgan fingerprint density at radius 1 is 1.41 bits per heavy atom. The number of nitrogens with zero attached hydrogens (tertiary/aromatic N) is 1. The zero-order valence-electron chi connectivity index (χ0n) is 9.98. The van der Waals surface area contributed by atoms with E-state index in [-0.39, 0.29) is 17.4 Å². The molecule has 0 atom stereocenters. The van der Waals surface area contributed by atoms with Crippen molar-refractivity contribution in [1.29, 1.82) is 0 Å². The number of hydrogen-bond acceptors (Lipinski definition) is 5. The van der Waals surface area contributed by atoms with E-state index < -0.39 is 9.84 Å². The molecule has 2 rings (SSSR count). The Hall–Kier alpha value is -0.880. The number of nitrogens with two attached hydrogens (primary N) is 1. The molecule has 0 bridgehead atoms. The molecule has 0 aromatic carbocycles. The second kappa shape index (κ2) is 4.78. The summed E-state index contributed by atoms with van der Waals surface area (Å²) in [5.74, 6) is 2.20. The fraction of sp³-hybridized carbons (Fsp3) is 0.727. The lowest BCUT2D eigenvalue weighted by molar-refractivity contribution is 0.468. The first kappa shape index (κ1) is 12.6. The number of sulfone groups is 1. The van der Waals surface area contributed by atoms with E-state index >= 15 is 0 Å². The molecule has 2 N–H and O–H groups in total. The topological polar surface area (TPSA) is 86.2 Å². The molecule has 1 aromatic heterocycles. The van der Waals surface area contributed by atoms with Crippen LogP contribution in [-0.2, 0) is 16.3 Å². The minimum atomic E-state index is -2.82. The molecule has 1 aliphatic rings. The standard InChI is InChI=1S/C11H18N2O3S/c1-8-11(13-10(16-8)2-5-12)9-3-6-17(14,15)7-4-9/h9H,2-7,12H2,1H3. The molecule has 2 heterocycles. The summed E-state index contributed by atoms with van der Waals surface area (Å²) in [6.45, 7) is 2.39. The molecular formula is C11H18N2O3S. The van der Waals surface area contributed by atoms with Gasteiger partial charge in [-0.2, -0.15) is 0 Å². The van der Waals surface area contributed by atoms with Crippen LogP contribution in [-0.4, -0.2) is 31.5 Å². The van der Waals surface area contributed by atoms with Crippen LogP contribution in [0, 0.1) is 6.92 Å². The molecule has 1 saturated heterocycles. The first-order chi connectivity index (χ1) is 8.02. The van der Waals surface area contributed by atoms with Crippen molar-refractivity contribution >= 4 is 9.84 Å². The maximum atomic E-state index is 11.4. The normalized spacial score (nSPS) is 20.6. The third kappa shape index (κ3) is 2.87. The van der Waals surface area contributed by atoms with Crippen LogP contribution in [0.25, 0.3) is 0 Å². The number of rotatable bonds is 3. The molecule has 17 heavy (non-hydrogen) atoms. The van der Waals surface area contributed by atoms with Crippen molar-refractivity contribution in [3.05, 3.63) is 17.3 Å². The lowest BCUT2D eigenvalue weighted by Crippen LogP contribution is -2.22. The van der Waals surface area contributed by atoms with Crippen molar-refractivity contribution in [2.45, 2.75) is 32.1 Å². The maximum Gasteiger partial charge on any atom is 0.195 e. The molecule has 96 valence electrons. The fourth-order valence-electron chi connectivity index (χ4n) is 2.24. The van der Waals surface area contributed by atoms with Crippen LogP contribution in [0.15, 0.2) is 4.42 Å². The zero-order chi connectivity index (χ0) is 12.5. The molecule has 0 amide bonds. The number of aryl methyl sites for hydroxylation is 1. The predicted molar refractivity (Wildman–Crippen MR) is 64.6 cm³/mol. The molecule has 0 aliphatic carbocycles. The van der Waals surface area contributed by atoms with Crippen molar-refractivity contribution in [3.63, 3.8) is 0 Å². The van der Waals surface area contributed by atoms with Gasteiger partial charge in [0, 0.05) is 18.9 Å². The third-order valence-electron chi connectivity index (χ3n) is 3.18. The van der Waals surface area contributed by atoms with Gasteiger partial charge in [0.2, 0.25) is 0 Å². The lowest BCUT2D eigenvalue weighted by Gasteiger charge is -2.20. The summed E-state index contributed by atoms with van der Waals surface area (Å²) in [7, 11) is -2.82. The highest BCUT2D eigenvalue weighted by atomic mass is 32.2. The third-order valence-corrected chi connectivity index (χ3v) is 4.89. The summed E-state index contributed by atoms with van der Waals surface area (Å²) in [6.07, 6.45) is 1.93. The molecule has 0 saturated carbocycles. The van der Waals surface area contributed by atoms with Crippen molar-refractivity contribution < 1.29 is 12.8 Å². The lowest BCUT2D eigenvalue weighted by atomic mass is 9.98. The van der Waals surface area contributed by atoms with Crippen molar-refractivity contribution in [3.8, 4) is 0 Å². The second-order valence-electron chi connectivity index (χ2n) is 4.51. The summed E-state index contributed by atoms with van der Waals surface area (Å²) >= 11 is 0. The van der Waals surface area contributed by atoms with Crippen LogP contribution in [0.1, 0.15) is 36.1 Å². The van der Waals surface area contributed by atoms with Crippen LogP contribution < -0.4 is 5.73 Å². The van der Waals surface area contributed by atoms with Crippen LogP contribution in [0.4, 0.5) is 0 Å². The van der Waals surface area contributed by atoms with Crippen molar-refractivity contribution in [2.24, 2.45) is 5.73 Å². The average molecular weight is 258 g/mol. The van der Waals surface area contributed by atoms with Gasteiger partial charge in [0.05, 0.1) is 17.2 Å². The van der Waals surface area contributed by atoms with Crippen LogP contribution in [0.5, 0.6) is 0 Å². The van der Waals surface area contributed by atoms with Gasteiger partial charge in [-0.05, 0) is 19.8 Å². The highest BCUT2D eigenvalue weighted by molar-refractivity contribution is 7.91. The molecule has 0 spiro atoms. The summed E-state index contributed by atoms with van der Waals surface area (Å²) in [6, 6.07) is 0. The van der Waals surface area contributed by atoms with E-state index in [1.165, 1.54) is 0 Å². The minimum Gasteiger partial charge on any atom is -0.446 e. The molecule has 6 heteroatoms. The van der Waals surface area contributed by atoms with E-state index in [1.807, 2.05) is 6.92 Å². The first-order valence-corrected chi connectivity index (χ1v) is 7.70. The monoisotopic (exact) mass is 258 g/mol. The Balaban J connectivity index is 2.12. The fourth-order valence-corrected chi connectivity index (χ4v) is 3.73. The van der Waals surface area contributed by atoms with E-state index in [0.29, 0.717) is 31.7 Å². The van der Waals surface area contributed by atoms with Gasteiger partial charge in [0.1, 0.15) is 15.6 Å².